The highest BCUT2D eigenvalue weighted by molar-refractivity contribution is 7.92. The van der Waals surface area contributed by atoms with E-state index >= 15 is 16.8 Å². The number of benzene rings is 4. The quantitative estimate of drug-likeness (QED) is 0.0440. The number of carbonyl (C=O) groups is 1. The van der Waals surface area contributed by atoms with Crippen molar-refractivity contribution in [1.82, 2.24) is 34.6 Å². The summed E-state index contributed by atoms with van der Waals surface area (Å²) >= 11 is 0. The molecule has 1 aliphatic rings. The van der Waals surface area contributed by atoms with Gasteiger partial charge in [0.25, 0.3) is 0 Å². The van der Waals surface area contributed by atoms with E-state index in [0.717, 1.165) is 5.56 Å². The van der Waals surface area contributed by atoms with Crippen LogP contribution in [0.2, 0.25) is 18.1 Å². The molecule has 1 aliphatic heterocycles. The van der Waals surface area contributed by atoms with Gasteiger partial charge < -0.3 is 35.0 Å². The van der Waals surface area contributed by atoms with Gasteiger partial charge in [0, 0.05) is 58.1 Å². The minimum absolute atomic E-state index is 0.0283. The Bertz CT molecular complexity index is 2600. The molecule has 0 saturated carbocycles. The van der Waals surface area contributed by atoms with Crippen molar-refractivity contribution in [2.45, 2.75) is 87.3 Å². The SMILES string of the molecule is COc1ccc(Cn2nnc(-c3c(N4CCC(COCCN)CC4)ccc(S(=O)(=O)NCC(CNC(=O)O)O[Si](C)(C)C(C)(C)C)c3S(=O)(=O)N(Cc3ccccc3)Cc3ccccc3)n2)cc1. The maximum Gasteiger partial charge on any atom is 0.404 e. The molecule has 0 bridgehead atoms. The number of sulfonamides is 2. The van der Waals surface area contributed by atoms with E-state index in [9.17, 15) is 9.90 Å². The number of methoxy groups -OCH3 is 1. The number of piperidine rings is 1. The molecule has 0 aliphatic carbocycles. The lowest BCUT2D eigenvalue weighted by molar-refractivity contribution is 0.0961. The number of carboxylic acid groups (broad SMARTS) is 1. The van der Waals surface area contributed by atoms with Crippen LogP contribution in [0.4, 0.5) is 10.5 Å². The minimum atomic E-state index is -4.83. The number of amides is 1. The summed E-state index contributed by atoms with van der Waals surface area (Å²) in [6.45, 7) is 11.7. The van der Waals surface area contributed by atoms with Crippen LogP contribution in [0.5, 0.6) is 5.75 Å². The van der Waals surface area contributed by atoms with E-state index in [1.165, 1.54) is 15.2 Å². The van der Waals surface area contributed by atoms with Crippen LogP contribution in [0.3, 0.4) is 0 Å². The Balaban J connectivity index is 1.55. The predicted molar refractivity (Wildman–Crippen MR) is 263 cm³/mol. The summed E-state index contributed by atoms with van der Waals surface area (Å²) in [6.07, 6.45) is -0.830. The van der Waals surface area contributed by atoms with Gasteiger partial charge in [-0.25, -0.2) is 26.4 Å². The van der Waals surface area contributed by atoms with Crippen LogP contribution in [-0.2, 0) is 48.8 Å². The topological polar surface area (TPSA) is 233 Å². The Hall–Kier alpha value is -5.26. The van der Waals surface area contributed by atoms with Gasteiger partial charge in [-0.15, -0.1) is 10.2 Å². The van der Waals surface area contributed by atoms with Crippen LogP contribution in [0.15, 0.2) is 107 Å². The van der Waals surface area contributed by atoms with Gasteiger partial charge in [0.05, 0.1) is 31.9 Å². The third kappa shape index (κ3) is 13.5. The number of nitrogens with two attached hydrogens (primary N) is 1. The first kappa shape index (κ1) is 52.1. The summed E-state index contributed by atoms with van der Waals surface area (Å²) < 4.78 is 83.8. The molecule has 1 saturated heterocycles. The van der Waals surface area contributed by atoms with Crippen molar-refractivity contribution in [2.24, 2.45) is 11.7 Å². The van der Waals surface area contributed by atoms with E-state index in [-0.39, 0.29) is 55.1 Å². The molecule has 2 heterocycles. The number of tetrazole rings is 1. The molecule has 0 radical (unpaired) electrons. The van der Waals surface area contributed by atoms with Gasteiger partial charge >= 0.3 is 6.09 Å². The van der Waals surface area contributed by atoms with Gasteiger partial charge in [-0.3, -0.25) is 0 Å². The fraction of sp³-hybridized carbons (Fsp3) is 0.447. The molecule has 368 valence electrons. The fourth-order valence-electron chi connectivity index (χ4n) is 7.64. The summed E-state index contributed by atoms with van der Waals surface area (Å²) in [7, 11) is -10.6. The fourth-order valence-corrected chi connectivity index (χ4v) is 12.5. The van der Waals surface area contributed by atoms with Crippen molar-refractivity contribution in [3.05, 3.63) is 114 Å². The predicted octanol–water partition coefficient (Wildman–Crippen LogP) is 5.92. The zero-order valence-corrected chi connectivity index (χ0v) is 42.3. The molecule has 18 nitrogen and oxygen atoms in total. The highest BCUT2D eigenvalue weighted by atomic mass is 32.2. The van der Waals surface area contributed by atoms with Crippen LogP contribution in [0.1, 0.15) is 50.3 Å². The molecule has 1 amide bonds. The number of ether oxygens (including phenoxy) is 2. The molecule has 1 aromatic heterocycles. The Morgan fingerprint density at radius 3 is 2.07 bits per heavy atom. The van der Waals surface area contributed by atoms with Crippen LogP contribution in [0.25, 0.3) is 11.4 Å². The molecule has 1 unspecified atom stereocenters. The van der Waals surface area contributed by atoms with Crippen molar-refractivity contribution in [2.75, 3.05) is 57.9 Å². The molecular formula is C47H65N9O9S2Si. The van der Waals surface area contributed by atoms with Gasteiger partial charge in [-0.2, -0.15) is 9.10 Å². The lowest BCUT2D eigenvalue weighted by Gasteiger charge is -2.39. The molecule has 4 aromatic carbocycles. The van der Waals surface area contributed by atoms with Crippen LogP contribution < -0.4 is 25.4 Å². The van der Waals surface area contributed by atoms with Gasteiger partial charge in [-0.1, -0.05) is 93.6 Å². The second-order valence-corrected chi connectivity index (χ2v) is 26.7. The normalized spacial score (nSPS) is 14.6. The zero-order chi connectivity index (χ0) is 49.1. The van der Waals surface area contributed by atoms with Crippen molar-refractivity contribution < 1.29 is 40.6 Å². The second-order valence-electron chi connectivity index (χ2n) is 18.4. The van der Waals surface area contributed by atoms with Gasteiger partial charge in [0.1, 0.15) is 15.5 Å². The number of nitrogens with zero attached hydrogens (tertiary/aromatic N) is 6. The number of rotatable bonds is 23. The van der Waals surface area contributed by atoms with Crippen molar-refractivity contribution in [3.63, 3.8) is 0 Å². The molecule has 68 heavy (non-hydrogen) atoms. The maximum absolute atomic E-state index is 16.0. The molecule has 0 spiro atoms. The minimum Gasteiger partial charge on any atom is -0.497 e. The van der Waals surface area contributed by atoms with E-state index in [4.69, 9.17) is 24.7 Å². The lowest BCUT2D eigenvalue weighted by atomic mass is 9.96. The van der Waals surface area contributed by atoms with E-state index in [1.54, 1.807) is 25.3 Å². The number of anilines is 1. The van der Waals surface area contributed by atoms with E-state index in [0.29, 0.717) is 68.3 Å². The summed E-state index contributed by atoms with van der Waals surface area (Å²) in [5.41, 5.74) is 8.22. The summed E-state index contributed by atoms with van der Waals surface area (Å²) in [6, 6.07) is 28.4. The molecule has 1 atom stereocenters. The molecule has 6 rings (SSSR count). The lowest BCUT2D eigenvalue weighted by Crippen LogP contribution is -2.50. The number of hydrogen-bond donors (Lipinski definition) is 4. The summed E-state index contributed by atoms with van der Waals surface area (Å²) in [4.78, 5) is 14.0. The van der Waals surface area contributed by atoms with Gasteiger partial charge in [0.15, 0.2) is 8.32 Å². The maximum atomic E-state index is 16.0. The summed E-state index contributed by atoms with van der Waals surface area (Å²) in [5, 5.41) is 25.2. The van der Waals surface area contributed by atoms with Crippen molar-refractivity contribution >= 4 is 40.1 Å². The smallest absolute Gasteiger partial charge is 0.404 e. The number of nitrogens with one attached hydrogen (secondary N) is 2. The Kier molecular flexibility index (Phi) is 17.5. The molecule has 5 N–H and O–H groups in total. The first-order chi connectivity index (χ1) is 32.3. The molecular weight excluding hydrogens is 927 g/mol. The van der Waals surface area contributed by atoms with Crippen LogP contribution in [0, 0.1) is 5.92 Å². The van der Waals surface area contributed by atoms with Crippen LogP contribution in [-0.4, -0.2) is 120 Å². The van der Waals surface area contributed by atoms with Gasteiger partial charge in [-0.05, 0) is 83.1 Å². The molecule has 5 aromatic rings. The highest BCUT2D eigenvalue weighted by Gasteiger charge is 2.41. The first-order valence-corrected chi connectivity index (χ1v) is 28.5. The third-order valence-corrected chi connectivity index (χ3v) is 20.4. The molecule has 1 fully saturated rings. The number of aromatic nitrogens is 4. The first-order valence-electron chi connectivity index (χ1n) is 22.6. The van der Waals surface area contributed by atoms with Gasteiger partial charge in [0.2, 0.25) is 25.9 Å². The van der Waals surface area contributed by atoms with E-state index in [2.05, 4.69) is 20.4 Å². The largest absolute Gasteiger partial charge is 0.497 e. The zero-order valence-electron chi connectivity index (χ0n) is 39.7. The average molecular weight is 992 g/mol. The second kappa shape index (κ2) is 22.9. The van der Waals surface area contributed by atoms with E-state index in [1.807, 2.05) is 112 Å². The van der Waals surface area contributed by atoms with Crippen molar-refractivity contribution in [1.29, 1.82) is 0 Å². The van der Waals surface area contributed by atoms with Crippen LogP contribution >= 0.6 is 0 Å². The third-order valence-electron chi connectivity index (χ3n) is 12.4. The Morgan fingerprint density at radius 1 is 0.897 bits per heavy atom. The number of hydrogen-bond acceptors (Lipinski definition) is 13. The van der Waals surface area contributed by atoms with Crippen molar-refractivity contribution in [3.8, 4) is 17.1 Å². The average Bonchev–Trinajstić information content (AvgIpc) is 3.78. The molecule has 21 heteroatoms. The van der Waals surface area contributed by atoms with E-state index < -0.39 is 50.4 Å². The summed E-state index contributed by atoms with van der Waals surface area (Å²) in [5.74, 6) is 0.788. The monoisotopic (exact) mass is 991 g/mol. The standard InChI is InChI=1S/C47H65N9O9S2Si/c1-47(2,3)68(5,6)65-40(29-49-46(57)58)30-50-66(59,60)42-22-21-41(54-26-23-38(24-27-54)34-64-28-25-48)43(45-51-53-56(52-45)33-37-17-19-39(63-4)20-18-37)44(42)67(61,62)55(31-35-13-9-7-10-14-35)32-36-15-11-8-12-16-36/h7-22,38,40,49-50H,23-34,48H2,1-6H3,(H,57,58). The highest BCUT2D eigenvalue weighted by Crippen LogP contribution is 2.42. The Morgan fingerprint density at radius 2 is 1.51 bits per heavy atom. The Labute approximate surface area is 401 Å².